The molecule has 3 aromatic heterocycles. The third-order valence-electron chi connectivity index (χ3n) is 11.1. The Labute approximate surface area is 320 Å². The fourth-order valence-electron chi connectivity index (χ4n) is 8.42. The molecule has 3 heterocycles. The molecule has 0 bridgehead atoms. The Balaban J connectivity index is 1.00. The summed E-state index contributed by atoms with van der Waals surface area (Å²) in [5.41, 5.74) is 8.41. The second kappa shape index (κ2) is 11.9. The first kappa shape index (κ1) is 30.8. The van der Waals surface area contributed by atoms with Gasteiger partial charge in [-0.15, -0.1) is 0 Å². The summed E-state index contributed by atoms with van der Waals surface area (Å²) in [6, 6.07) is 61.1. The van der Waals surface area contributed by atoms with Gasteiger partial charge in [-0.1, -0.05) is 133 Å². The minimum Gasteiger partial charge on any atom is -0.456 e. The molecule has 0 atom stereocenters. The second-order valence-corrected chi connectivity index (χ2v) is 14.4. The molecule has 0 spiro atoms. The highest BCUT2D eigenvalue weighted by atomic mass is 16.3. The van der Waals surface area contributed by atoms with E-state index in [4.69, 9.17) is 23.8 Å². The van der Waals surface area contributed by atoms with Gasteiger partial charge in [-0.3, -0.25) is 0 Å². The second-order valence-electron chi connectivity index (χ2n) is 14.4. The zero-order chi connectivity index (χ0) is 36.7. The Hall–Kier alpha value is -7.63. The van der Waals surface area contributed by atoms with Crippen LogP contribution in [0.2, 0.25) is 0 Å². The molecular weight excluding hydrogens is 687 g/mol. The van der Waals surface area contributed by atoms with Crippen LogP contribution in [0.25, 0.3) is 121 Å². The molecule has 5 nitrogen and oxygen atoms in total. The molecule has 0 aliphatic carbocycles. The topological polar surface area (TPSA) is 65.0 Å². The van der Waals surface area contributed by atoms with E-state index in [9.17, 15) is 0 Å². The SMILES string of the molecule is c1ccc(-c2nc(-c3ccc4c(-c5ccc6oc7ccc8ccc9ccccc9c8c7c6c5)cccc4c3)nc(-c3ccc4c(c3)oc3ccccc34)n2)cc1. The smallest absolute Gasteiger partial charge is 0.164 e. The van der Waals surface area contributed by atoms with Gasteiger partial charge in [0, 0.05) is 43.6 Å². The molecule has 0 saturated heterocycles. The number of para-hydroxylation sites is 1. The number of furan rings is 2. The normalized spacial score (nSPS) is 11.9. The number of rotatable bonds is 4. The minimum atomic E-state index is 0.589. The van der Waals surface area contributed by atoms with Gasteiger partial charge in [0.1, 0.15) is 22.3 Å². The number of nitrogens with zero attached hydrogens (tertiary/aromatic N) is 3. The standard InChI is InChI=1S/C51H29N3O2/c1-2-10-32(11-3-1)49-52-50(54-51(53-49)36-20-24-41-40-14-6-7-16-43(40)56-46(41)29-36)35-19-23-38-33(27-35)12-8-15-37(38)34-22-25-44-42(28-34)48-45(55-44)26-21-31-18-17-30-9-4-5-13-39(30)47(31)48/h1-29H. The zero-order valence-electron chi connectivity index (χ0n) is 29.9. The van der Waals surface area contributed by atoms with E-state index >= 15 is 0 Å². The summed E-state index contributed by atoms with van der Waals surface area (Å²) in [5.74, 6) is 1.81. The average molecular weight is 716 g/mol. The molecule has 56 heavy (non-hydrogen) atoms. The van der Waals surface area contributed by atoms with Gasteiger partial charge < -0.3 is 8.83 Å². The molecule has 0 aliphatic rings. The van der Waals surface area contributed by atoms with Crippen molar-refractivity contribution in [1.82, 2.24) is 15.0 Å². The number of benzene rings is 9. The fourth-order valence-corrected chi connectivity index (χ4v) is 8.42. The Kier molecular flexibility index (Phi) is 6.56. The fraction of sp³-hybridized carbons (Fsp3) is 0. The first-order valence-corrected chi connectivity index (χ1v) is 18.8. The van der Waals surface area contributed by atoms with Crippen molar-refractivity contribution >= 4 is 76.2 Å². The lowest BCUT2D eigenvalue weighted by atomic mass is 9.94. The summed E-state index contributed by atoms with van der Waals surface area (Å²) >= 11 is 0. The molecule has 260 valence electrons. The van der Waals surface area contributed by atoms with Crippen LogP contribution in [0.5, 0.6) is 0 Å². The van der Waals surface area contributed by atoms with Crippen molar-refractivity contribution in [3.8, 4) is 45.3 Å². The molecule has 0 unspecified atom stereocenters. The molecule has 0 fully saturated rings. The van der Waals surface area contributed by atoms with Crippen molar-refractivity contribution in [3.63, 3.8) is 0 Å². The number of hydrogen-bond acceptors (Lipinski definition) is 5. The van der Waals surface area contributed by atoms with E-state index in [0.29, 0.717) is 17.5 Å². The van der Waals surface area contributed by atoms with Gasteiger partial charge in [0.25, 0.3) is 0 Å². The predicted octanol–water partition coefficient (Wildman–Crippen LogP) is 13.8. The van der Waals surface area contributed by atoms with Gasteiger partial charge in [-0.05, 0) is 80.5 Å². The predicted molar refractivity (Wildman–Crippen MR) is 229 cm³/mol. The molecule has 0 N–H and O–H groups in total. The third-order valence-corrected chi connectivity index (χ3v) is 11.1. The lowest BCUT2D eigenvalue weighted by Crippen LogP contribution is -2.00. The molecule has 0 radical (unpaired) electrons. The maximum Gasteiger partial charge on any atom is 0.164 e. The highest BCUT2D eigenvalue weighted by molar-refractivity contribution is 6.27. The molecule has 5 heteroatoms. The van der Waals surface area contributed by atoms with Crippen LogP contribution < -0.4 is 0 Å². The van der Waals surface area contributed by atoms with E-state index in [0.717, 1.165) is 82.5 Å². The molecule has 0 amide bonds. The first-order chi connectivity index (χ1) is 27.7. The number of fused-ring (bicyclic) bond motifs is 11. The molecule has 9 aromatic carbocycles. The van der Waals surface area contributed by atoms with Crippen molar-refractivity contribution in [2.75, 3.05) is 0 Å². The molecule has 0 aliphatic heterocycles. The summed E-state index contributed by atoms with van der Waals surface area (Å²) in [7, 11) is 0. The monoisotopic (exact) mass is 715 g/mol. The maximum atomic E-state index is 6.45. The summed E-state index contributed by atoms with van der Waals surface area (Å²) in [4.78, 5) is 15.1. The van der Waals surface area contributed by atoms with E-state index in [2.05, 4.69) is 121 Å². The van der Waals surface area contributed by atoms with Gasteiger partial charge in [0.05, 0.1) is 0 Å². The van der Waals surface area contributed by atoms with E-state index in [1.165, 1.54) is 21.5 Å². The van der Waals surface area contributed by atoms with Crippen molar-refractivity contribution in [3.05, 3.63) is 176 Å². The summed E-state index contributed by atoms with van der Waals surface area (Å²) in [6.45, 7) is 0. The van der Waals surface area contributed by atoms with E-state index in [1.54, 1.807) is 0 Å². The van der Waals surface area contributed by atoms with Crippen LogP contribution >= 0.6 is 0 Å². The lowest BCUT2D eigenvalue weighted by molar-refractivity contribution is 0.668. The van der Waals surface area contributed by atoms with Crippen LogP contribution in [0.1, 0.15) is 0 Å². The van der Waals surface area contributed by atoms with Crippen LogP contribution in [-0.2, 0) is 0 Å². The highest BCUT2D eigenvalue weighted by Crippen LogP contribution is 2.41. The largest absolute Gasteiger partial charge is 0.456 e. The summed E-state index contributed by atoms with van der Waals surface area (Å²) in [6.07, 6.45) is 0. The van der Waals surface area contributed by atoms with Gasteiger partial charge in [-0.25, -0.2) is 15.0 Å². The van der Waals surface area contributed by atoms with Crippen LogP contribution in [-0.4, -0.2) is 15.0 Å². The number of hydrogen-bond donors (Lipinski definition) is 0. The van der Waals surface area contributed by atoms with Crippen LogP contribution in [0.4, 0.5) is 0 Å². The van der Waals surface area contributed by atoms with Crippen LogP contribution in [0.15, 0.2) is 185 Å². The van der Waals surface area contributed by atoms with E-state index in [-0.39, 0.29) is 0 Å². The van der Waals surface area contributed by atoms with E-state index in [1.807, 2.05) is 54.6 Å². The molecule has 12 aromatic rings. The highest BCUT2D eigenvalue weighted by Gasteiger charge is 2.17. The quantitative estimate of drug-likeness (QED) is 0.170. The molecular formula is C51H29N3O2. The van der Waals surface area contributed by atoms with Crippen LogP contribution in [0, 0.1) is 0 Å². The zero-order valence-corrected chi connectivity index (χ0v) is 29.9. The summed E-state index contributed by atoms with van der Waals surface area (Å²) in [5, 5.41) is 11.5. The Morgan fingerprint density at radius 1 is 0.286 bits per heavy atom. The average Bonchev–Trinajstić information content (AvgIpc) is 3.83. The van der Waals surface area contributed by atoms with Gasteiger partial charge >= 0.3 is 0 Å². The van der Waals surface area contributed by atoms with Crippen molar-refractivity contribution in [2.45, 2.75) is 0 Å². The van der Waals surface area contributed by atoms with E-state index < -0.39 is 0 Å². The summed E-state index contributed by atoms with van der Waals surface area (Å²) < 4.78 is 12.7. The first-order valence-electron chi connectivity index (χ1n) is 18.8. The maximum absolute atomic E-state index is 6.45. The number of aromatic nitrogens is 3. The van der Waals surface area contributed by atoms with Crippen molar-refractivity contribution in [2.24, 2.45) is 0 Å². The molecule has 12 rings (SSSR count). The third kappa shape index (κ3) is 4.78. The minimum absolute atomic E-state index is 0.589. The Morgan fingerprint density at radius 3 is 1.77 bits per heavy atom. The van der Waals surface area contributed by atoms with Crippen molar-refractivity contribution < 1.29 is 8.83 Å². The van der Waals surface area contributed by atoms with Gasteiger partial charge in [-0.2, -0.15) is 0 Å². The van der Waals surface area contributed by atoms with Gasteiger partial charge in [0.15, 0.2) is 17.5 Å². The Bertz CT molecular complexity index is 3550. The molecule has 0 saturated carbocycles. The lowest BCUT2D eigenvalue weighted by Gasteiger charge is -2.11. The Morgan fingerprint density at radius 2 is 0.893 bits per heavy atom. The van der Waals surface area contributed by atoms with Crippen LogP contribution in [0.3, 0.4) is 0 Å². The van der Waals surface area contributed by atoms with Crippen molar-refractivity contribution in [1.29, 1.82) is 0 Å². The van der Waals surface area contributed by atoms with Gasteiger partial charge in [0.2, 0.25) is 0 Å².